The predicted octanol–water partition coefficient (Wildman–Crippen LogP) is 5.51. The molecule has 1 unspecified atom stereocenters. The number of aliphatic hydroxyl groups excluding tert-OH is 1. The number of hydrogen-bond donors (Lipinski definition) is 1. The lowest BCUT2D eigenvalue weighted by Gasteiger charge is -2.25. The molecular weight excluding hydrogens is 491 g/mol. The summed E-state index contributed by atoms with van der Waals surface area (Å²) in [4.78, 5) is 27.7. The third-order valence-corrected chi connectivity index (χ3v) is 6.19. The van der Waals surface area contributed by atoms with Crippen LogP contribution in [0.4, 0.5) is 5.69 Å². The number of rotatable bonds is 5. The van der Waals surface area contributed by atoms with Crippen LogP contribution in [0.1, 0.15) is 22.7 Å². The quantitative estimate of drug-likeness (QED) is 0.277. The lowest BCUT2D eigenvalue weighted by Crippen LogP contribution is -2.29. The molecule has 0 spiro atoms. The first-order chi connectivity index (χ1) is 16.8. The normalized spacial score (nSPS) is 16.8. The minimum absolute atomic E-state index is 0.129. The Bertz CT molecular complexity index is 1370. The second-order valence-electron chi connectivity index (χ2n) is 7.57. The summed E-state index contributed by atoms with van der Waals surface area (Å²) < 4.78 is 10.4. The first-order valence-corrected chi connectivity index (χ1v) is 11.0. The van der Waals surface area contributed by atoms with Crippen LogP contribution in [0, 0.1) is 11.3 Å². The lowest BCUT2D eigenvalue weighted by atomic mass is 9.95. The van der Waals surface area contributed by atoms with Gasteiger partial charge in [-0.25, -0.2) is 0 Å². The van der Waals surface area contributed by atoms with Crippen LogP contribution in [0.3, 0.4) is 0 Å². The molecule has 0 bridgehead atoms. The largest absolute Gasteiger partial charge is 0.507 e. The number of benzene rings is 3. The summed E-state index contributed by atoms with van der Waals surface area (Å²) in [5.41, 5.74) is 1.35. The topological polar surface area (TPSA) is 99.9 Å². The molecule has 7 nitrogen and oxygen atoms in total. The number of ketones is 1. The van der Waals surface area contributed by atoms with Gasteiger partial charge in [-0.1, -0.05) is 35.3 Å². The van der Waals surface area contributed by atoms with Crippen molar-refractivity contribution in [3.05, 3.63) is 93.0 Å². The second kappa shape index (κ2) is 9.71. The van der Waals surface area contributed by atoms with E-state index in [2.05, 4.69) is 0 Å². The van der Waals surface area contributed by atoms with Crippen LogP contribution in [-0.4, -0.2) is 31.0 Å². The number of nitrogens with zero attached hydrogens (tertiary/aromatic N) is 2. The zero-order valence-corrected chi connectivity index (χ0v) is 20.1. The molecule has 0 aromatic heterocycles. The molecule has 0 radical (unpaired) electrons. The average Bonchev–Trinajstić information content (AvgIpc) is 3.13. The number of amides is 1. The summed E-state index contributed by atoms with van der Waals surface area (Å²) in [5, 5.41) is 20.6. The molecule has 3 aromatic carbocycles. The van der Waals surface area contributed by atoms with E-state index in [-0.39, 0.29) is 26.9 Å². The molecule has 0 aliphatic carbocycles. The Morgan fingerprint density at radius 1 is 0.971 bits per heavy atom. The van der Waals surface area contributed by atoms with E-state index in [1.54, 1.807) is 48.5 Å². The molecule has 1 amide bonds. The minimum atomic E-state index is -0.964. The number of hydrogen-bond acceptors (Lipinski definition) is 6. The van der Waals surface area contributed by atoms with Crippen molar-refractivity contribution in [2.45, 2.75) is 6.04 Å². The van der Waals surface area contributed by atoms with E-state index in [4.69, 9.17) is 37.9 Å². The van der Waals surface area contributed by atoms with Crippen LogP contribution in [0.25, 0.3) is 5.76 Å². The Morgan fingerprint density at radius 2 is 1.57 bits per heavy atom. The molecule has 9 heteroatoms. The molecule has 1 aliphatic rings. The van der Waals surface area contributed by atoms with Crippen LogP contribution in [0.5, 0.6) is 11.5 Å². The molecule has 176 valence electrons. The maximum atomic E-state index is 13.2. The summed E-state index contributed by atoms with van der Waals surface area (Å²) in [7, 11) is 2.93. The summed E-state index contributed by atoms with van der Waals surface area (Å²) in [6.45, 7) is 0. The summed E-state index contributed by atoms with van der Waals surface area (Å²) in [6.07, 6.45) is 0. The molecule has 3 aromatic rings. The third kappa shape index (κ3) is 4.30. The summed E-state index contributed by atoms with van der Waals surface area (Å²) >= 11 is 12.5. The molecule has 1 saturated heterocycles. The Balaban J connectivity index is 1.94. The van der Waals surface area contributed by atoms with Crippen molar-refractivity contribution in [3.63, 3.8) is 0 Å². The Hall–Kier alpha value is -3.99. The number of aliphatic hydroxyl groups is 1. The highest BCUT2D eigenvalue weighted by Crippen LogP contribution is 2.44. The molecule has 1 atom stereocenters. The standard InChI is InChI=1S/C26H18Cl2N2O5/c1-34-18-9-5-15(6-10-18)22-21(23(31)16-11-19(27)25(35-2)20(28)12-16)24(32)26(33)30(22)17-7-3-14(13-29)4-8-17/h3-12,22,31H,1-2H3/b23-21+. The Kier molecular flexibility index (Phi) is 6.70. The van der Waals surface area contributed by atoms with Crippen LogP contribution in [-0.2, 0) is 9.59 Å². The van der Waals surface area contributed by atoms with Gasteiger partial charge in [-0.2, -0.15) is 5.26 Å². The number of anilines is 1. The van der Waals surface area contributed by atoms with E-state index in [1.807, 2.05) is 6.07 Å². The SMILES string of the molecule is COc1ccc(C2/C(=C(\O)c3cc(Cl)c(OC)c(Cl)c3)C(=O)C(=O)N2c2ccc(C#N)cc2)cc1. The number of halogens is 2. The monoisotopic (exact) mass is 508 g/mol. The molecule has 1 N–H and O–H groups in total. The molecule has 1 heterocycles. The number of nitriles is 1. The van der Waals surface area contributed by atoms with Gasteiger partial charge in [-0.3, -0.25) is 14.5 Å². The smallest absolute Gasteiger partial charge is 0.300 e. The van der Waals surface area contributed by atoms with E-state index in [0.29, 0.717) is 22.6 Å². The van der Waals surface area contributed by atoms with Crippen LogP contribution < -0.4 is 14.4 Å². The van der Waals surface area contributed by atoms with E-state index in [9.17, 15) is 14.7 Å². The highest BCUT2D eigenvalue weighted by atomic mass is 35.5. The van der Waals surface area contributed by atoms with Crippen LogP contribution in [0.15, 0.2) is 66.2 Å². The fourth-order valence-electron chi connectivity index (χ4n) is 3.94. The number of methoxy groups -OCH3 is 2. The van der Waals surface area contributed by atoms with Crippen molar-refractivity contribution in [2.75, 3.05) is 19.1 Å². The zero-order chi connectivity index (χ0) is 25.3. The van der Waals surface area contributed by atoms with Crippen molar-refractivity contribution in [2.24, 2.45) is 0 Å². The molecule has 1 aliphatic heterocycles. The van der Waals surface area contributed by atoms with E-state index in [0.717, 1.165) is 0 Å². The Morgan fingerprint density at radius 3 is 2.09 bits per heavy atom. The Labute approximate surface area is 211 Å². The van der Waals surface area contributed by atoms with Gasteiger partial charge >= 0.3 is 0 Å². The second-order valence-corrected chi connectivity index (χ2v) is 8.39. The number of ether oxygens (including phenoxy) is 2. The zero-order valence-electron chi connectivity index (χ0n) is 18.6. The first kappa shape index (κ1) is 24.1. The van der Waals surface area contributed by atoms with Gasteiger partial charge in [-0.15, -0.1) is 0 Å². The van der Waals surface area contributed by atoms with Crippen molar-refractivity contribution in [3.8, 4) is 17.6 Å². The van der Waals surface area contributed by atoms with E-state index >= 15 is 0 Å². The van der Waals surface area contributed by atoms with Crippen LogP contribution >= 0.6 is 23.2 Å². The predicted molar refractivity (Wildman–Crippen MR) is 132 cm³/mol. The minimum Gasteiger partial charge on any atom is -0.507 e. The number of carbonyl (C=O) groups is 2. The van der Waals surface area contributed by atoms with Crippen LogP contribution in [0.2, 0.25) is 10.0 Å². The first-order valence-electron chi connectivity index (χ1n) is 10.3. The van der Waals surface area contributed by atoms with Crippen molar-refractivity contribution in [1.29, 1.82) is 5.26 Å². The van der Waals surface area contributed by atoms with Crippen molar-refractivity contribution in [1.82, 2.24) is 0 Å². The van der Waals surface area contributed by atoms with Gasteiger partial charge in [0.1, 0.15) is 11.5 Å². The fraction of sp³-hybridized carbons (Fsp3) is 0.115. The molecule has 4 rings (SSSR count). The molecule has 35 heavy (non-hydrogen) atoms. The lowest BCUT2D eigenvalue weighted by molar-refractivity contribution is -0.132. The van der Waals surface area contributed by atoms with E-state index < -0.39 is 23.5 Å². The average molecular weight is 509 g/mol. The van der Waals surface area contributed by atoms with Gasteiger partial charge in [0.25, 0.3) is 11.7 Å². The third-order valence-electron chi connectivity index (χ3n) is 5.63. The molecule has 1 fully saturated rings. The van der Waals surface area contributed by atoms with Gasteiger partial charge < -0.3 is 14.6 Å². The summed E-state index contributed by atoms with van der Waals surface area (Å²) in [6, 6.07) is 16.9. The molecular formula is C26H18Cl2N2O5. The highest BCUT2D eigenvalue weighted by molar-refractivity contribution is 6.51. The van der Waals surface area contributed by atoms with Gasteiger partial charge in [0.05, 0.1) is 47.5 Å². The van der Waals surface area contributed by atoms with Gasteiger partial charge in [0.15, 0.2) is 5.75 Å². The van der Waals surface area contributed by atoms with Gasteiger partial charge in [0.2, 0.25) is 0 Å². The maximum absolute atomic E-state index is 13.2. The van der Waals surface area contributed by atoms with Crippen molar-refractivity contribution < 1.29 is 24.2 Å². The number of carbonyl (C=O) groups excluding carboxylic acids is 2. The fourth-order valence-corrected chi connectivity index (χ4v) is 4.59. The van der Waals surface area contributed by atoms with Gasteiger partial charge in [0, 0.05) is 11.3 Å². The van der Waals surface area contributed by atoms with E-state index in [1.165, 1.54) is 31.3 Å². The maximum Gasteiger partial charge on any atom is 0.300 e. The summed E-state index contributed by atoms with van der Waals surface area (Å²) in [5.74, 6) is -1.35. The highest BCUT2D eigenvalue weighted by Gasteiger charge is 2.47. The number of Topliss-reactive ketones (excluding diaryl/α,β-unsaturated/α-hetero) is 1. The van der Waals surface area contributed by atoms with Gasteiger partial charge in [-0.05, 0) is 54.1 Å². The van der Waals surface area contributed by atoms with Crippen molar-refractivity contribution >= 4 is 46.3 Å². The molecule has 0 saturated carbocycles.